The van der Waals surface area contributed by atoms with Gasteiger partial charge in [0, 0.05) is 35.0 Å². The van der Waals surface area contributed by atoms with Gasteiger partial charge in [0.05, 0.1) is 12.1 Å². The number of nitrogens with zero attached hydrogens (tertiary/aromatic N) is 2. The van der Waals surface area contributed by atoms with E-state index in [9.17, 15) is 9.59 Å². The Morgan fingerprint density at radius 1 is 1.11 bits per heavy atom. The van der Waals surface area contributed by atoms with Gasteiger partial charge < -0.3 is 15.1 Å². The molecule has 3 aliphatic rings. The molecule has 0 radical (unpaired) electrons. The van der Waals surface area contributed by atoms with Gasteiger partial charge in [-0.1, -0.05) is 30.5 Å². The van der Waals surface area contributed by atoms with Crippen LogP contribution >= 0.6 is 11.6 Å². The van der Waals surface area contributed by atoms with Crippen molar-refractivity contribution in [2.45, 2.75) is 94.8 Å². The Morgan fingerprint density at radius 3 is 2.77 bits per heavy atom. The van der Waals surface area contributed by atoms with Crippen molar-refractivity contribution in [3.8, 4) is 11.5 Å². The van der Waals surface area contributed by atoms with E-state index in [1.165, 1.54) is 6.42 Å². The fraction of sp³-hybridized carbons (Fsp3) is 0.615. The molecule has 0 spiro atoms. The van der Waals surface area contributed by atoms with Gasteiger partial charge in [-0.25, -0.2) is 0 Å². The van der Waals surface area contributed by atoms with E-state index in [1.807, 2.05) is 24.3 Å². The van der Waals surface area contributed by atoms with E-state index in [1.54, 1.807) is 0 Å². The van der Waals surface area contributed by atoms with Gasteiger partial charge >= 0.3 is 0 Å². The van der Waals surface area contributed by atoms with Crippen LogP contribution in [0.15, 0.2) is 28.7 Å². The average molecular weight is 500 g/mol. The first-order valence-electron chi connectivity index (χ1n) is 13.0. The molecule has 0 bridgehead atoms. The number of carbonyl (C=O) groups is 2. The van der Waals surface area contributed by atoms with Crippen LogP contribution in [0.2, 0.25) is 5.02 Å². The third-order valence-corrected chi connectivity index (χ3v) is 7.92. The van der Waals surface area contributed by atoms with Crippen molar-refractivity contribution in [3.05, 3.63) is 35.2 Å². The molecule has 35 heavy (non-hydrogen) atoms. The van der Waals surface area contributed by atoms with E-state index in [-0.39, 0.29) is 35.9 Å². The normalized spacial score (nSPS) is 28.7. The number of nitrogens with one attached hydrogen (secondary N) is 3. The molecule has 3 N–H and O–H groups in total. The van der Waals surface area contributed by atoms with Crippen molar-refractivity contribution in [3.63, 3.8) is 0 Å². The number of fused-ring (bicyclic) bond motifs is 1. The lowest BCUT2D eigenvalue weighted by molar-refractivity contribution is -0.130. The van der Waals surface area contributed by atoms with Crippen LogP contribution in [0, 0.1) is 5.92 Å². The SMILES string of the molecule is O=C(CCCC1NC(=O)C2CCCCC2N1)NC1CCC(c2nnc(-c3cccc(Cl)c3)o2)CC1. The van der Waals surface area contributed by atoms with E-state index in [0.29, 0.717) is 29.3 Å². The molecule has 3 unspecified atom stereocenters. The summed E-state index contributed by atoms with van der Waals surface area (Å²) in [7, 11) is 0. The first-order chi connectivity index (χ1) is 17.0. The zero-order chi connectivity index (χ0) is 24.2. The van der Waals surface area contributed by atoms with Crippen LogP contribution in [0.5, 0.6) is 0 Å². The van der Waals surface area contributed by atoms with E-state index < -0.39 is 0 Å². The predicted octanol–water partition coefficient (Wildman–Crippen LogP) is 4.31. The summed E-state index contributed by atoms with van der Waals surface area (Å²) in [6.45, 7) is 0. The molecule has 2 saturated carbocycles. The quantitative estimate of drug-likeness (QED) is 0.523. The summed E-state index contributed by atoms with van der Waals surface area (Å²) in [5.41, 5.74) is 0.818. The molecule has 3 fully saturated rings. The van der Waals surface area contributed by atoms with Crippen molar-refractivity contribution >= 4 is 23.4 Å². The van der Waals surface area contributed by atoms with Crippen molar-refractivity contribution < 1.29 is 14.0 Å². The molecule has 2 aliphatic carbocycles. The molecule has 1 aromatic heterocycles. The summed E-state index contributed by atoms with van der Waals surface area (Å²) in [5, 5.41) is 19.0. The second-order valence-corrected chi connectivity index (χ2v) is 10.6. The number of carbonyl (C=O) groups excluding carboxylic acids is 2. The smallest absolute Gasteiger partial charge is 0.247 e. The number of hydrogen-bond donors (Lipinski definition) is 3. The third-order valence-electron chi connectivity index (χ3n) is 7.68. The highest BCUT2D eigenvalue weighted by Crippen LogP contribution is 2.34. The Bertz CT molecular complexity index is 1040. The van der Waals surface area contributed by atoms with Crippen molar-refractivity contribution in [2.24, 2.45) is 5.92 Å². The molecule has 9 heteroatoms. The van der Waals surface area contributed by atoms with Crippen LogP contribution < -0.4 is 16.0 Å². The summed E-state index contributed by atoms with van der Waals surface area (Å²) in [6.07, 6.45) is 9.99. The zero-order valence-electron chi connectivity index (χ0n) is 20.0. The summed E-state index contributed by atoms with van der Waals surface area (Å²) in [5.74, 6) is 1.75. The Balaban J connectivity index is 1.02. The van der Waals surface area contributed by atoms with E-state index in [2.05, 4.69) is 26.1 Å². The van der Waals surface area contributed by atoms with Crippen LogP contribution in [-0.4, -0.2) is 40.3 Å². The summed E-state index contributed by atoms with van der Waals surface area (Å²) >= 11 is 6.07. The molecule has 1 aromatic carbocycles. The molecule has 2 amide bonds. The van der Waals surface area contributed by atoms with Gasteiger partial charge in [0.15, 0.2) is 0 Å². The van der Waals surface area contributed by atoms with Gasteiger partial charge in [0.1, 0.15) is 0 Å². The van der Waals surface area contributed by atoms with E-state index in [0.717, 1.165) is 63.4 Å². The van der Waals surface area contributed by atoms with Crippen LogP contribution in [0.3, 0.4) is 0 Å². The van der Waals surface area contributed by atoms with Gasteiger partial charge in [-0.3, -0.25) is 14.9 Å². The van der Waals surface area contributed by atoms with Crippen LogP contribution in [0.25, 0.3) is 11.5 Å². The number of aromatic nitrogens is 2. The van der Waals surface area contributed by atoms with Crippen molar-refractivity contribution in [2.75, 3.05) is 0 Å². The van der Waals surface area contributed by atoms with Crippen LogP contribution in [-0.2, 0) is 9.59 Å². The Morgan fingerprint density at radius 2 is 1.94 bits per heavy atom. The molecule has 5 rings (SSSR count). The minimum absolute atomic E-state index is 0.0173. The van der Waals surface area contributed by atoms with Gasteiger partial charge in [0.2, 0.25) is 23.6 Å². The average Bonchev–Trinajstić information content (AvgIpc) is 3.35. The van der Waals surface area contributed by atoms with E-state index >= 15 is 0 Å². The Kier molecular flexibility index (Phi) is 7.68. The minimum atomic E-state index is -0.0173. The zero-order valence-corrected chi connectivity index (χ0v) is 20.7. The summed E-state index contributed by atoms with van der Waals surface area (Å²) in [6, 6.07) is 7.88. The highest BCUT2D eigenvalue weighted by atomic mass is 35.5. The minimum Gasteiger partial charge on any atom is -0.420 e. The van der Waals surface area contributed by atoms with Crippen molar-refractivity contribution in [1.29, 1.82) is 0 Å². The standard InChI is InChI=1S/C26H34ClN5O3/c27-18-6-3-5-17(15-18)26-32-31-25(35-26)16-11-13-19(14-12-16)28-23(33)10-4-9-22-29-21-8-2-1-7-20(21)24(34)30-22/h3,5-6,15-16,19-22,29H,1-2,4,7-14H2,(H,28,33)(H,30,34). The van der Waals surface area contributed by atoms with Crippen LogP contribution in [0.4, 0.5) is 0 Å². The molecule has 3 atom stereocenters. The van der Waals surface area contributed by atoms with Gasteiger partial charge in [-0.15, -0.1) is 10.2 Å². The Hall–Kier alpha value is -2.45. The summed E-state index contributed by atoms with van der Waals surface area (Å²) in [4.78, 5) is 24.9. The van der Waals surface area contributed by atoms with Gasteiger partial charge in [0.25, 0.3) is 0 Å². The first-order valence-corrected chi connectivity index (χ1v) is 13.4. The molecule has 188 valence electrons. The number of rotatable bonds is 7. The number of hydrogen-bond acceptors (Lipinski definition) is 6. The topological polar surface area (TPSA) is 109 Å². The maximum atomic E-state index is 12.5. The molecular weight excluding hydrogens is 466 g/mol. The maximum absolute atomic E-state index is 12.5. The third kappa shape index (κ3) is 6.04. The monoisotopic (exact) mass is 499 g/mol. The molecule has 1 aliphatic heterocycles. The molecular formula is C26H34ClN5O3. The fourth-order valence-corrected chi connectivity index (χ4v) is 5.96. The Labute approximate surface area is 211 Å². The molecule has 1 saturated heterocycles. The van der Waals surface area contributed by atoms with Gasteiger partial charge in [-0.05, 0) is 69.6 Å². The maximum Gasteiger partial charge on any atom is 0.247 e. The first kappa shape index (κ1) is 24.3. The molecule has 8 nitrogen and oxygen atoms in total. The molecule has 2 heterocycles. The summed E-state index contributed by atoms with van der Waals surface area (Å²) < 4.78 is 5.93. The predicted molar refractivity (Wildman–Crippen MR) is 133 cm³/mol. The van der Waals surface area contributed by atoms with Crippen molar-refractivity contribution in [1.82, 2.24) is 26.1 Å². The fourth-order valence-electron chi connectivity index (χ4n) is 5.77. The second-order valence-electron chi connectivity index (χ2n) is 10.2. The highest BCUT2D eigenvalue weighted by molar-refractivity contribution is 6.30. The van der Waals surface area contributed by atoms with Crippen LogP contribution in [0.1, 0.15) is 82.4 Å². The van der Waals surface area contributed by atoms with E-state index in [4.69, 9.17) is 16.0 Å². The van der Waals surface area contributed by atoms with Gasteiger partial charge in [-0.2, -0.15) is 0 Å². The largest absolute Gasteiger partial charge is 0.420 e. The lowest BCUT2D eigenvalue weighted by atomic mass is 9.82. The lowest BCUT2D eigenvalue weighted by Crippen LogP contribution is -2.62. The highest BCUT2D eigenvalue weighted by Gasteiger charge is 2.37. The second kappa shape index (κ2) is 11.1. The lowest BCUT2D eigenvalue weighted by Gasteiger charge is -2.40. The number of benzene rings is 1. The molecule has 2 aromatic rings. The number of amides is 2. The number of halogens is 1.